The zero-order valence-corrected chi connectivity index (χ0v) is 6.86. The molecule has 1 atom stereocenters. The molecule has 1 saturated heterocycles. The van der Waals surface area contributed by atoms with E-state index < -0.39 is 24.0 Å². The van der Waals surface area contributed by atoms with E-state index in [0.29, 0.717) is 6.42 Å². The number of imide groups is 1. The molecule has 0 aromatic heterocycles. The van der Waals surface area contributed by atoms with Crippen molar-refractivity contribution in [2.45, 2.75) is 26.3 Å². The van der Waals surface area contributed by atoms with Gasteiger partial charge in [0.25, 0.3) is 0 Å². The van der Waals surface area contributed by atoms with Gasteiger partial charge in [-0.25, -0.2) is 14.5 Å². The minimum absolute atomic E-state index is 0.393. The summed E-state index contributed by atoms with van der Waals surface area (Å²) < 4.78 is 4.27. The molecule has 1 heterocycles. The molecule has 0 aliphatic carbocycles. The molecule has 66 valence electrons. The average Bonchev–Trinajstić information content (AvgIpc) is 2.24. The van der Waals surface area contributed by atoms with Crippen molar-refractivity contribution < 1.29 is 19.1 Å². The summed E-state index contributed by atoms with van der Waals surface area (Å²) in [5, 5.41) is 0. The van der Waals surface area contributed by atoms with Crippen LogP contribution in [-0.4, -0.2) is 28.9 Å². The number of hydrogen-bond acceptors (Lipinski definition) is 4. The Kier molecular flexibility index (Phi) is 2.12. The number of rotatable bonds is 1. The average molecular weight is 171 g/mol. The highest BCUT2D eigenvalue weighted by Gasteiger charge is 2.42. The molecule has 0 N–H and O–H groups in total. The van der Waals surface area contributed by atoms with Crippen molar-refractivity contribution in [3.63, 3.8) is 0 Å². The molecule has 1 rings (SSSR count). The number of carbonyl (C=O) groups is 3. The summed E-state index contributed by atoms with van der Waals surface area (Å²) in [5.74, 6) is -1.10. The fraction of sp³-hybridized carbons (Fsp3) is 0.571. The van der Waals surface area contributed by atoms with Gasteiger partial charge in [0.15, 0.2) is 0 Å². The summed E-state index contributed by atoms with van der Waals surface area (Å²) in [5.41, 5.74) is 0. The maximum absolute atomic E-state index is 10.9. The van der Waals surface area contributed by atoms with E-state index in [1.165, 1.54) is 6.92 Å². The minimum atomic E-state index is -0.862. The molecule has 0 radical (unpaired) electrons. The van der Waals surface area contributed by atoms with Gasteiger partial charge in [-0.15, -0.1) is 0 Å². The molecule has 0 spiro atoms. The van der Waals surface area contributed by atoms with Crippen molar-refractivity contribution >= 4 is 18.0 Å². The molecule has 1 aliphatic rings. The third-order valence-electron chi connectivity index (χ3n) is 1.69. The fourth-order valence-electron chi connectivity index (χ4n) is 1.13. The molecule has 2 amide bonds. The number of amides is 2. The van der Waals surface area contributed by atoms with Crippen molar-refractivity contribution in [1.82, 2.24) is 4.90 Å². The largest absolute Gasteiger partial charge is 0.425 e. The minimum Gasteiger partial charge on any atom is -0.374 e. The molecule has 12 heavy (non-hydrogen) atoms. The Morgan fingerprint density at radius 1 is 1.58 bits per heavy atom. The van der Waals surface area contributed by atoms with E-state index in [-0.39, 0.29) is 0 Å². The van der Waals surface area contributed by atoms with Gasteiger partial charge < -0.3 is 4.74 Å². The van der Waals surface area contributed by atoms with E-state index in [0.717, 1.165) is 4.90 Å². The summed E-state index contributed by atoms with van der Waals surface area (Å²) in [6, 6.07) is -0.727. The quantitative estimate of drug-likeness (QED) is 0.420. The summed E-state index contributed by atoms with van der Waals surface area (Å²) in [7, 11) is 0. The molecule has 0 aromatic carbocycles. The first-order valence-electron chi connectivity index (χ1n) is 3.63. The first kappa shape index (κ1) is 8.70. The monoisotopic (exact) mass is 171 g/mol. The Bertz CT molecular complexity index is 248. The zero-order chi connectivity index (χ0) is 9.30. The molecule has 5 heteroatoms. The van der Waals surface area contributed by atoms with E-state index in [4.69, 9.17) is 0 Å². The van der Waals surface area contributed by atoms with Gasteiger partial charge in [-0.1, -0.05) is 6.92 Å². The van der Waals surface area contributed by atoms with Crippen molar-refractivity contribution in [3.05, 3.63) is 0 Å². The summed E-state index contributed by atoms with van der Waals surface area (Å²) >= 11 is 0. The molecule has 1 aliphatic heterocycles. The maximum atomic E-state index is 10.9. The first-order valence-corrected chi connectivity index (χ1v) is 3.63. The van der Waals surface area contributed by atoms with Crippen LogP contribution in [0.1, 0.15) is 20.3 Å². The van der Waals surface area contributed by atoms with E-state index in [2.05, 4.69) is 4.74 Å². The van der Waals surface area contributed by atoms with Crippen LogP contribution in [0.2, 0.25) is 0 Å². The molecule has 1 unspecified atom stereocenters. The highest BCUT2D eigenvalue weighted by molar-refractivity contribution is 6.04. The van der Waals surface area contributed by atoms with Crippen LogP contribution in [0.15, 0.2) is 0 Å². The second kappa shape index (κ2) is 2.92. The number of esters is 1. The second-order valence-electron chi connectivity index (χ2n) is 2.50. The summed E-state index contributed by atoms with van der Waals surface area (Å²) in [6.45, 7) is 2.93. The van der Waals surface area contributed by atoms with Crippen LogP contribution < -0.4 is 0 Å². The topological polar surface area (TPSA) is 63.7 Å². The van der Waals surface area contributed by atoms with Crippen LogP contribution in [-0.2, 0) is 14.3 Å². The van der Waals surface area contributed by atoms with Gasteiger partial charge in [0.2, 0.25) is 5.91 Å². The molecule has 1 fully saturated rings. The predicted octanol–water partition coefficient (Wildman–Crippen LogP) is 0.290. The lowest BCUT2D eigenvalue weighted by molar-refractivity contribution is -0.138. The van der Waals surface area contributed by atoms with Gasteiger partial charge >= 0.3 is 12.1 Å². The van der Waals surface area contributed by atoms with Crippen LogP contribution >= 0.6 is 0 Å². The van der Waals surface area contributed by atoms with Crippen molar-refractivity contribution in [1.29, 1.82) is 0 Å². The Balaban J connectivity index is 2.89. The zero-order valence-electron chi connectivity index (χ0n) is 6.86. The lowest BCUT2D eigenvalue weighted by atomic mass is 10.2. The van der Waals surface area contributed by atoms with Crippen LogP contribution in [0.3, 0.4) is 0 Å². The number of nitrogens with zero attached hydrogens (tertiary/aromatic N) is 1. The third-order valence-corrected chi connectivity index (χ3v) is 1.69. The lowest BCUT2D eigenvalue weighted by Crippen LogP contribution is -2.38. The Hall–Kier alpha value is -1.39. The second-order valence-corrected chi connectivity index (χ2v) is 2.50. The van der Waals surface area contributed by atoms with Gasteiger partial charge in [0.1, 0.15) is 6.04 Å². The lowest BCUT2D eigenvalue weighted by Gasteiger charge is -2.13. The highest BCUT2D eigenvalue weighted by atomic mass is 16.6. The van der Waals surface area contributed by atoms with Crippen LogP contribution in [0.4, 0.5) is 4.79 Å². The van der Waals surface area contributed by atoms with E-state index in [1.54, 1.807) is 6.92 Å². The van der Waals surface area contributed by atoms with Gasteiger partial charge in [-0.3, -0.25) is 4.79 Å². The summed E-state index contributed by atoms with van der Waals surface area (Å²) in [4.78, 5) is 33.4. The predicted molar refractivity (Wildman–Crippen MR) is 38.1 cm³/mol. The SMILES string of the molecule is CCC1C(=O)OC(=O)N1C(C)=O. The van der Waals surface area contributed by atoms with Crippen molar-refractivity contribution in [3.8, 4) is 0 Å². The fourth-order valence-corrected chi connectivity index (χ4v) is 1.13. The molecule has 0 bridgehead atoms. The van der Waals surface area contributed by atoms with Crippen LogP contribution in [0, 0.1) is 0 Å². The van der Waals surface area contributed by atoms with Crippen LogP contribution in [0.5, 0.6) is 0 Å². The number of cyclic esters (lactones) is 2. The van der Waals surface area contributed by atoms with Gasteiger partial charge in [0.05, 0.1) is 0 Å². The molecule has 5 nitrogen and oxygen atoms in total. The van der Waals surface area contributed by atoms with E-state index >= 15 is 0 Å². The first-order chi connectivity index (χ1) is 5.57. The molecule has 0 saturated carbocycles. The maximum Gasteiger partial charge on any atom is 0.425 e. The van der Waals surface area contributed by atoms with E-state index in [9.17, 15) is 14.4 Å². The smallest absolute Gasteiger partial charge is 0.374 e. The highest BCUT2D eigenvalue weighted by Crippen LogP contribution is 2.16. The van der Waals surface area contributed by atoms with Gasteiger partial charge in [0, 0.05) is 6.92 Å². The number of hydrogen-bond donors (Lipinski definition) is 0. The summed E-state index contributed by atoms with van der Waals surface area (Å²) in [6.07, 6.45) is -0.469. The standard InChI is InChI=1S/C7H9NO4/c1-3-5-6(10)12-7(11)8(5)4(2)9/h5H,3H2,1-2H3. The Morgan fingerprint density at radius 2 is 2.17 bits per heavy atom. The number of ether oxygens (including phenoxy) is 1. The molecular weight excluding hydrogens is 162 g/mol. The van der Waals surface area contributed by atoms with Crippen molar-refractivity contribution in [2.24, 2.45) is 0 Å². The van der Waals surface area contributed by atoms with Crippen LogP contribution in [0.25, 0.3) is 0 Å². The Morgan fingerprint density at radius 3 is 2.50 bits per heavy atom. The van der Waals surface area contributed by atoms with Gasteiger partial charge in [-0.2, -0.15) is 0 Å². The van der Waals surface area contributed by atoms with E-state index in [1.807, 2.05) is 0 Å². The van der Waals surface area contributed by atoms with Gasteiger partial charge in [-0.05, 0) is 6.42 Å². The molecule has 0 aromatic rings. The normalized spacial score (nSPS) is 22.8. The molecular formula is C7H9NO4. The Labute approximate surface area is 69.3 Å². The van der Waals surface area contributed by atoms with Crippen molar-refractivity contribution in [2.75, 3.05) is 0 Å². The number of carbonyl (C=O) groups excluding carboxylic acids is 3. The third kappa shape index (κ3) is 1.17.